The average Bonchev–Trinajstić information content (AvgIpc) is 2.58. The maximum absolute atomic E-state index is 5.78. The molecule has 128 valence electrons. The van der Waals surface area contributed by atoms with E-state index < -0.39 is 0 Å². The van der Waals surface area contributed by atoms with Gasteiger partial charge in [0.15, 0.2) is 11.5 Å². The summed E-state index contributed by atoms with van der Waals surface area (Å²) in [7, 11) is 1.64. The predicted octanol–water partition coefficient (Wildman–Crippen LogP) is 2.32. The van der Waals surface area contributed by atoms with E-state index >= 15 is 0 Å². The zero-order valence-corrected chi connectivity index (χ0v) is 14.2. The fourth-order valence-corrected chi connectivity index (χ4v) is 2.81. The summed E-state index contributed by atoms with van der Waals surface area (Å²) in [4.78, 5) is 8.54. The van der Waals surface area contributed by atoms with Crippen molar-refractivity contribution in [3.8, 4) is 17.2 Å². The molecule has 24 heavy (non-hydrogen) atoms. The van der Waals surface area contributed by atoms with Crippen LogP contribution in [0.2, 0.25) is 0 Å². The van der Waals surface area contributed by atoms with Crippen molar-refractivity contribution in [1.29, 1.82) is 0 Å². The molecule has 0 saturated carbocycles. The molecule has 0 spiro atoms. The Morgan fingerprint density at radius 2 is 1.92 bits per heavy atom. The quantitative estimate of drug-likeness (QED) is 0.869. The predicted molar refractivity (Wildman–Crippen MR) is 91.9 cm³/mol. The second kappa shape index (κ2) is 6.82. The smallest absolute Gasteiger partial charge is 0.222 e. The molecule has 0 aliphatic carbocycles. The van der Waals surface area contributed by atoms with E-state index in [1.807, 2.05) is 19.1 Å². The van der Waals surface area contributed by atoms with E-state index in [2.05, 4.69) is 22.2 Å². The highest BCUT2D eigenvalue weighted by atomic mass is 16.6. The van der Waals surface area contributed by atoms with Crippen molar-refractivity contribution in [1.82, 2.24) is 9.97 Å². The van der Waals surface area contributed by atoms with Crippen molar-refractivity contribution in [2.24, 2.45) is 0 Å². The van der Waals surface area contributed by atoms with E-state index in [4.69, 9.17) is 19.9 Å². The standard InChI is InChI=1S/C17H22N4O3/c1-4-12-10(2)20-17(18)21-16(12)19-9-11-7-14-15(8-13(11)22-3)24-6-5-23-14/h7-8H,4-6,9H2,1-3H3,(H3,18,19,20,21). The number of nitrogens with two attached hydrogens (primary N) is 1. The topological polar surface area (TPSA) is 91.5 Å². The summed E-state index contributed by atoms with van der Waals surface area (Å²) in [6.45, 7) is 5.63. The molecular weight excluding hydrogens is 308 g/mol. The van der Waals surface area contributed by atoms with Gasteiger partial charge in [-0.3, -0.25) is 0 Å². The van der Waals surface area contributed by atoms with Gasteiger partial charge in [0, 0.05) is 29.4 Å². The van der Waals surface area contributed by atoms with Gasteiger partial charge in [-0.05, 0) is 19.4 Å². The number of benzene rings is 1. The molecule has 0 atom stereocenters. The van der Waals surface area contributed by atoms with Crippen LogP contribution in [0.15, 0.2) is 12.1 Å². The summed E-state index contributed by atoms with van der Waals surface area (Å²) in [5, 5.41) is 3.34. The summed E-state index contributed by atoms with van der Waals surface area (Å²) >= 11 is 0. The van der Waals surface area contributed by atoms with Crippen LogP contribution in [-0.2, 0) is 13.0 Å². The fraction of sp³-hybridized carbons (Fsp3) is 0.412. The second-order valence-corrected chi connectivity index (χ2v) is 5.51. The van der Waals surface area contributed by atoms with Gasteiger partial charge in [-0.15, -0.1) is 0 Å². The van der Waals surface area contributed by atoms with Crippen LogP contribution in [0.25, 0.3) is 0 Å². The van der Waals surface area contributed by atoms with Crippen molar-refractivity contribution >= 4 is 11.8 Å². The van der Waals surface area contributed by atoms with Crippen LogP contribution in [-0.4, -0.2) is 30.3 Å². The third-order valence-electron chi connectivity index (χ3n) is 3.98. The maximum atomic E-state index is 5.78. The summed E-state index contributed by atoms with van der Waals surface area (Å²) in [6.07, 6.45) is 0.826. The number of nitrogens with one attached hydrogen (secondary N) is 1. The molecule has 2 heterocycles. The van der Waals surface area contributed by atoms with Crippen molar-refractivity contribution in [3.05, 3.63) is 29.0 Å². The molecule has 2 aromatic rings. The fourth-order valence-electron chi connectivity index (χ4n) is 2.81. The number of rotatable bonds is 5. The van der Waals surface area contributed by atoms with E-state index in [0.717, 1.165) is 40.6 Å². The number of nitrogen functional groups attached to an aromatic ring is 1. The van der Waals surface area contributed by atoms with Crippen molar-refractivity contribution in [3.63, 3.8) is 0 Å². The minimum Gasteiger partial charge on any atom is -0.496 e. The van der Waals surface area contributed by atoms with Gasteiger partial charge in [-0.1, -0.05) is 6.92 Å². The number of fused-ring (bicyclic) bond motifs is 1. The number of methoxy groups -OCH3 is 1. The van der Waals surface area contributed by atoms with Gasteiger partial charge in [-0.2, -0.15) is 4.98 Å². The van der Waals surface area contributed by atoms with Gasteiger partial charge in [-0.25, -0.2) is 4.98 Å². The minimum atomic E-state index is 0.265. The highest BCUT2D eigenvalue weighted by molar-refractivity contribution is 5.54. The Morgan fingerprint density at radius 1 is 1.21 bits per heavy atom. The molecule has 0 amide bonds. The summed E-state index contributed by atoms with van der Waals surface area (Å²) < 4.78 is 16.7. The lowest BCUT2D eigenvalue weighted by Gasteiger charge is -2.21. The molecular formula is C17H22N4O3. The Hall–Kier alpha value is -2.70. The van der Waals surface area contributed by atoms with Crippen LogP contribution in [0.1, 0.15) is 23.7 Å². The van der Waals surface area contributed by atoms with Crippen LogP contribution in [0.3, 0.4) is 0 Å². The largest absolute Gasteiger partial charge is 0.496 e. The molecule has 7 heteroatoms. The molecule has 0 radical (unpaired) electrons. The van der Waals surface area contributed by atoms with Crippen LogP contribution in [0.4, 0.5) is 11.8 Å². The number of aromatic nitrogens is 2. The third-order valence-corrected chi connectivity index (χ3v) is 3.98. The number of anilines is 2. The zero-order chi connectivity index (χ0) is 17.1. The maximum Gasteiger partial charge on any atom is 0.222 e. The van der Waals surface area contributed by atoms with E-state index in [9.17, 15) is 0 Å². The third kappa shape index (κ3) is 3.15. The second-order valence-electron chi connectivity index (χ2n) is 5.51. The summed E-state index contributed by atoms with van der Waals surface area (Å²) in [5.41, 5.74) is 8.68. The summed E-state index contributed by atoms with van der Waals surface area (Å²) in [5.74, 6) is 3.19. The van der Waals surface area contributed by atoms with E-state index in [1.165, 1.54) is 0 Å². The van der Waals surface area contributed by atoms with Crippen LogP contribution in [0.5, 0.6) is 17.2 Å². The van der Waals surface area contributed by atoms with E-state index in [0.29, 0.717) is 25.5 Å². The first kappa shape index (κ1) is 16.2. The monoisotopic (exact) mass is 330 g/mol. The van der Waals surface area contributed by atoms with E-state index in [1.54, 1.807) is 7.11 Å². The first-order chi connectivity index (χ1) is 11.6. The normalized spacial score (nSPS) is 12.8. The number of aryl methyl sites for hydroxylation is 1. The van der Waals surface area contributed by atoms with Gasteiger partial charge < -0.3 is 25.3 Å². The van der Waals surface area contributed by atoms with Gasteiger partial charge in [0.25, 0.3) is 0 Å². The highest BCUT2D eigenvalue weighted by Gasteiger charge is 2.17. The lowest BCUT2D eigenvalue weighted by atomic mass is 10.1. The molecule has 7 nitrogen and oxygen atoms in total. The molecule has 0 fully saturated rings. The van der Waals surface area contributed by atoms with Crippen LogP contribution in [0, 0.1) is 6.92 Å². The minimum absolute atomic E-state index is 0.265. The molecule has 3 N–H and O–H groups in total. The van der Waals surface area contributed by atoms with Crippen molar-refractivity contribution in [2.75, 3.05) is 31.4 Å². The molecule has 0 saturated heterocycles. The van der Waals surface area contributed by atoms with Gasteiger partial charge in [0.1, 0.15) is 24.8 Å². The van der Waals surface area contributed by atoms with Gasteiger partial charge in [0.2, 0.25) is 5.95 Å². The molecule has 1 aromatic carbocycles. The SMILES string of the molecule is CCc1c(C)nc(N)nc1NCc1cc2c(cc1OC)OCCO2. The Bertz CT molecular complexity index is 749. The first-order valence-corrected chi connectivity index (χ1v) is 7.95. The van der Waals surface area contributed by atoms with E-state index in [-0.39, 0.29) is 5.95 Å². The Kier molecular flexibility index (Phi) is 4.59. The van der Waals surface area contributed by atoms with Crippen LogP contribution < -0.4 is 25.3 Å². The van der Waals surface area contributed by atoms with Gasteiger partial charge in [0.05, 0.1) is 7.11 Å². The first-order valence-electron chi connectivity index (χ1n) is 7.95. The molecule has 1 aliphatic rings. The lowest BCUT2D eigenvalue weighted by molar-refractivity contribution is 0.170. The lowest BCUT2D eigenvalue weighted by Crippen LogP contribution is -2.16. The number of nitrogens with zero attached hydrogens (tertiary/aromatic N) is 2. The van der Waals surface area contributed by atoms with Crippen LogP contribution >= 0.6 is 0 Å². The van der Waals surface area contributed by atoms with Crippen molar-refractivity contribution in [2.45, 2.75) is 26.8 Å². The Morgan fingerprint density at radius 3 is 2.58 bits per heavy atom. The summed E-state index contributed by atoms with van der Waals surface area (Å²) in [6, 6.07) is 3.79. The molecule has 1 aromatic heterocycles. The molecule has 0 bridgehead atoms. The molecule has 3 rings (SSSR count). The Balaban J connectivity index is 1.87. The number of hydrogen-bond donors (Lipinski definition) is 2. The number of hydrogen-bond acceptors (Lipinski definition) is 7. The van der Waals surface area contributed by atoms with Crippen molar-refractivity contribution < 1.29 is 14.2 Å². The molecule has 0 unspecified atom stereocenters. The highest BCUT2D eigenvalue weighted by Crippen LogP contribution is 2.37. The zero-order valence-electron chi connectivity index (χ0n) is 14.2. The number of ether oxygens (including phenoxy) is 3. The Labute approximate surface area is 141 Å². The average molecular weight is 330 g/mol. The van der Waals surface area contributed by atoms with Gasteiger partial charge >= 0.3 is 0 Å². The molecule has 1 aliphatic heterocycles.